The summed E-state index contributed by atoms with van der Waals surface area (Å²) in [5.74, 6) is 0.812. The van der Waals surface area contributed by atoms with Crippen LogP contribution >= 0.6 is 0 Å². The van der Waals surface area contributed by atoms with Crippen LogP contribution in [0.5, 0.6) is 0 Å². The highest BCUT2D eigenvalue weighted by Gasteiger charge is 2.24. The maximum atomic E-state index is 5.92. The Balaban J connectivity index is 2.21. The molecule has 2 nitrogen and oxygen atoms in total. The smallest absolute Gasteiger partial charge is 0.0582 e. The van der Waals surface area contributed by atoms with Gasteiger partial charge in [-0.1, -0.05) is 20.3 Å². The summed E-state index contributed by atoms with van der Waals surface area (Å²) in [7, 11) is 0. The van der Waals surface area contributed by atoms with Gasteiger partial charge in [-0.2, -0.15) is 0 Å². The first-order valence-corrected chi connectivity index (χ1v) is 7.12. The van der Waals surface area contributed by atoms with Crippen LogP contribution in [0.1, 0.15) is 59.3 Å². The molecule has 0 spiro atoms. The minimum atomic E-state index is 0.496. The zero-order valence-electron chi connectivity index (χ0n) is 11.3. The molecule has 1 rings (SSSR count). The van der Waals surface area contributed by atoms with Crippen LogP contribution in [0.4, 0.5) is 0 Å². The van der Waals surface area contributed by atoms with Gasteiger partial charge < -0.3 is 10.1 Å². The predicted octanol–water partition coefficient (Wildman–Crippen LogP) is 3.36. The van der Waals surface area contributed by atoms with Crippen molar-refractivity contribution in [3.8, 4) is 0 Å². The van der Waals surface area contributed by atoms with E-state index in [1.54, 1.807) is 0 Å². The van der Waals surface area contributed by atoms with Gasteiger partial charge in [0.25, 0.3) is 0 Å². The first kappa shape index (κ1) is 14.0. The first-order chi connectivity index (χ1) is 7.76. The van der Waals surface area contributed by atoms with Crippen LogP contribution in [0.15, 0.2) is 0 Å². The Morgan fingerprint density at radius 3 is 2.62 bits per heavy atom. The molecule has 0 amide bonds. The fourth-order valence-electron chi connectivity index (χ4n) is 2.62. The molecule has 3 unspecified atom stereocenters. The van der Waals surface area contributed by atoms with E-state index in [0.717, 1.165) is 12.5 Å². The van der Waals surface area contributed by atoms with Gasteiger partial charge in [0.2, 0.25) is 0 Å². The van der Waals surface area contributed by atoms with E-state index in [9.17, 15) is 0 Å². The van der Waals surface area contributed by atoms with E-state index in [1.165, 1.54) is 45.1 Å². The fraction of sp³-hybridized carbons (Fsp3) is 1.00. The number of rotatable bonds is 8. The molecule has 1 heterocycles. The summed E-state index contributed by atoms with van der Waals surface area (Å²) in [4.78, 5) is 0. The van der Waals surface area contributed by atoms with E-state index in [1.807, 2.05) is 0 Å². The molecule has 0 aromatic rings. The van der Waals surface area contributed by atoms with Crippen molar-refractivity contribution < 1.29 is 4.74 Å². The summed E-state index contributed by atoms with van der Waals surface area (Å²) in [6, 6.07) is 0. The third kappa shape index (κ3) is 5.31. The van der Waals surface area contributed by atoms with Crippen LogP contribution in [0.2, 0.25) is 0 Å². The molecule has 2 heteroatoms. The Hall–Kier alpha value is -0.0800. The van der Waals surface area contributed by atoms with E-state index >= 15 is 0 Å². The van der Waals surface area contributed by atoms with Gasteiger partial charge in [0, 0.05) is 0 Å². The van der Waals surface area contributed by atoms with Crippen molar-refractivity contribution in [1.82, 2.24) is 5.32 Å². The second kappa shape index (κ2) is 8.08. The normalized spacial score (nSPS) is 27.2. The first-order valence-electron chi connectivity index (χ1n) is 7.12. The highest BCUT2D eigenvalue weighted by molar-refractivity contribution is 4.75. The van der Waals surface area contributed by atoms with Gasteiger partial charge in [0.15, 0.2) is 0 Å². The van der Waals surface area contributed by atoms with Crippen LogP contribution in [-0.4, -0.2) is 25.3 Å². The molecule has 1 aliphatic rings. The molecule has 1 aliphatic heterocycles. The van der Waals surface area contributed by atoms with Crippen LogP contribution in [-0.2, 0) is 4.74 Å². The lowest BCUT2D eigenvalue weighted by Crippen LogP contribution is -2.26. The van der Waals surface area contributed by atoms with E-state index in [-0.39, 0.29) is 0 Å². The monoisotopic (exact) mass is 227 g/mol. The molecule has 0 saturated carbocycles. The van der Waals surface area contributed by atoms with Crippen molar-refractivity contribution in [2.45, 2.75) is 71.5 Å². The Labute approximate surface area is 101 Å². The number of hydrogen-bond donors (Lipinski definition) is 1. The fourth-order valence-corrected chi connectivity index (χ4v) is 2.62. The molecule has 0 aromatic carbocycles. The maximum Gasteiger partial charge on any atom is 0.0582 e. The summed E-state index contributed by atoms with van der Waals surface area (Å²) in [6.45, 7) is 9.04. The zero-order valence-corrected chi connectivity index (χ0v) is 11.3. The zero-order chi connectivity index (χ0) is 11.8. The van der Waals surface area contributed by atoms with Crippen molar-refractivity contribution in [2.24, 2.45) is 5.92 Å². The van der Waals surface area contributed by atoms with E-state index in [2.05, 4.69) is 26.1 Å². The van der Waals surface area contributed by atoms with Crippen LogP contribution in [0, 0.1) is 5.92 Å². The highest BCUT2D eigenvalue weighted by atomic mass is 16.5. The lowest BCUT2D eigenvalue weighted by Gasteiger charge is -2.20. The number of nitrogens with one attached hydrogen (secondary N) is 1. The quantitative estimate of drug-likeness (QED) is 0.642. The second-order valence-electron chi connectivity index (χ2n) is 5.24. The van der Waals surface area contributed by atoms with E-state index in [4.69, 9.17) is 4.74 Å². The molecular formula is C14H29NO. The Kier molecular flexibility index (Phi) is 7.06. The molecule has 1 saturated heterocycles. The highest BCUT2D eigenvalue weighted by Crippen LogP contribution is 2.26. The van der Waals surface area contributed by atoms with Crippen molar-refractivity contribution >= 4 is 0 Å². The summed E-state index contributed by atoms with van der Waals surface area (Å²) in [6.07, 6.45) is 8.68. The van der Waals surface area contributed by atoms with Crippen LogP contribution in [0.25, 0.3) is 0 Å². The molecular weight excluding hydrogens is 198 g/mol. The third-order valence-corrected chi connectivity index (χ3v) is 3.47. The summed E-state index contributed by atoms with van der Waals surface area (Å²) in [5.41, 5.74) is 0. The van der Waals surface area contributed by atoms with Gasteiger partial charge in [-0.3, -0.25) is 0 Å². The molecule has 0 aromatic heterocycles. The summed E-state index contributed by atoms with van der Waals surface area (Å²) < 4.78 is 5.92. The predicted molar refractivity (Wildman–Crippen MR) is 69.7 cm³/mol. The number of hydrogen-bond acceptors (Lipinski definition) is 2. The Morgan fingerprint density at radius 1 is 1.25 bits per heavy atom. The summed E-state index contributed by atoms with van der Waals surface area (Å²) >= 11 is 0. The largest absolute Gasteiger partial charge is 0.375 e. The van der Waals surface area contributed by atoms with Gasteiger partial charge in [-0.05, 0) is 58.0 Å². The Bertz CT molecular complexity index is 172. The molecule has 96 valence electrons. The minimum absolute atomic E-state index is 0.496. The molecule has 3 atom stereocenters. The van der Waals surface area contributed by atoms with Crippen LogP contribution < -0.4 is 5.32 Å². The summed E-state index contributed by atoms with van der Waals surface area (Å²) in [5, 5.41) is 3.55. The van der Waals surface area contributed by atoms with E-state index in [0.29, 0.717) is 12.2 Å². The molecule has 1 fully saturated rings. The average molecular weight is 227 g/mol. The van der Waals surface area contributed by atoms with Crippen molar-refractivity contribution in [3.63, 3.8) is 0 Å². The average Bonchev–Trinajstić information content (AvgIpc) is 2.65. The van der Waals surface area contributed by atoms with E-state index < -0.39 is 0 Å². The lowest BCUT2D eigenvalue weighted by atomic mass is 9.95. The molecule has 16 heavy (non-hydrogen) atoms. The van der Waals surface area contributed by atoms with Gasteiger partial charge in [0.05, 0.1) is 12.2 Å². The molecule has 1 N–H and O–H groups in total. The lowest BCUT2D eigenvalue weighted by molar-refractivity contribution is 0.0399. The maximum absolute atomic E-state index is 5.92. The molecule has 0 bridgehead atoms. The second-order valence-corrected chi connectivity index (χ2v) is 5.24. The van der Waals surface area contributed by atoms with Crippen molar-refractivity contribution in [1.29, 1.82) is 0 Å². The molecule has 0 radical (unpaired) electrons. The standard InChI is InChI=1S/C14H29NO/c1-4-6-13(11-15-9-5-2)10-14-8-7-12(3)16-14/h12-15H,4-11H2,1-3H3. The van der Waals surface area contributed by atoms with Crippen molar-refractivity contribution in [3.05, 3.63) is 0 Å². The van der Waals surface area contributed by atoms with Gasteiger partial charge in [-0.25, -0.2) is 0 Å². The van der Waals surface area contributed by atoms with Gasteiger partial charge in [0.1, 0.15) is 0 Å². The molecule has 0 aliphatic carbocycles. The van der Waals surface area contributed by atoms with Gasteiger partial charge >= 0.3 is 0 Å². The van der Waals surface area contributed by atoms with Crippen LogP contribution in [0.3, 0.4) is 0 Å². The SMILES string of the molecule is CCCNCC(CCC)CC1CCC(C)O1. The number of ether oxygens (including phenoxy) is 1. The van der Waals surface area contributed by atoms with Gasteiger partial charge in [-0.15, -0.1) is 0 Å². The third-order valence-electron chi connectivity index (χ3n) is 3.47. The topological polar surface area (TPSA) is 21.3 Å². The Morgan fingerprint density at radius 2 is 2.06 bits per heavy atom. The minimum Gasteiger partial charge on any atom is -0.375 e. The van der Waals surface area contributed by atoms with Crippen molar-refractivity contribution in [2.75, 3.05) is 13.1 Å².